The van der Waals surface area contributed by atoms with Crippen LogP contribution in [0.5, 0.6) is 0 Å². The van der Waals surface area contributed by atoms with Crippen LogP contribution < -0.4 is 0 Å². The van der Waals surface area contributed by atoms with Crippen LogP contribution in [0, 0.1) is 0 Å². The first-order valence-corrected chi connectivity index (χ1v) is 9.73. The molecule has 0 radical (unpaired) electrons. The number of ether oxygens (including phenoxy) is 1. The number of carbonyl (C=O) groups excluding carboxylic acids is 1. The molecule has 0 spiro atoms. The Hall–Kier alpha value is -1.84. The first-order valence-electron chi connectivity index (χ1n) is 9.73. The molecule has 0 aliphatic rings. The van der Waals surface area contributed by atoms with Crippen molar-refractivity contribution in [3.05, 3.63) is 36.9 Å². The van der Waals surface area contributed by atoms with Crippen molar-refractivity contribution in [1.29, 1.82) is 0 Å². The molecule has 0 aliphatic heterocycles. The zero-order valence-corrected chi connectivity index (χ0v) is 15.8. The van der Waals surface area contributed by atoms with Gasteiger partial charge < -0.3 is 9.30 Å². The maximum absolute atomic E-state index is 11.6. The van der Waals surface area contributed by atoms with Gasteiger partial charge in [0.25, 0.3) is 0 Å². The van der Waals surface area contributed by atoms with E-state index in [2.05, 4.69) is 18.5 Å². The smallest absolute Gasteiger partial charge is 0.330 e. The molecule has 0 bridgehead atoms. The third kappa shape index (κ3) is 11.4. The van der Waals surface area contributed by atoms with E-state index in [4.69, 9.17) is 4.74 Å². The predicted octanol–water partition coefficient (Wildman–Crippen LogP) is 5.55. The predicted molar refractivity (Wildman–Crippen MR) is 104 cm³/mol. The number of aromatic nitrogens is 2. The van der Waals surface area contributed by atoms with E-state index in [1.165, 1.54) is 57.4 Å². The minimum absolute atomic E-state index is 0.297. The van der Waals surface area contributed by atoms with E-state index in [9.17, 15) is 4.79 Å². The van der Waals surface area contributed by atoms with Gasteiger partial charge in [0.05, 0.1) is 18.6 Å². The maximum Gasteiger partial charge on any atom is 0.330 e. The van der Waals surface area contributed by atoms with Crippen LogP contribution in [0.3, 0.4) is 0 Å². The number of imidazole rings is 1. The second kappa shape index (κ2) is 14.5. The molecule has 0 atom stereocenters. The van der Waals surface area contributed by atoms with Gasteiger partial charge in [-0.15, -0.1) is 6.58 Å². The van der Waals surface area contributed by atoms with Gasteiger partial charge in [0.1, 0.15) is 0 Å². The van der Waals surface area contributed by atoms with Crippen LogP contribution in [-0.4, -0.2) is 22.1 Å². The third-order valence-corrected chi connectivity index (χ3v) is 4.13. The number of allylic oxidation sites excluding steroid dienone is 1. The fraction of sp³-hybridized carbons (Fsp3) is 0.619. The van der Waals surface area contributed by atoms with Crippen LogP contribution >= 0.6 is 0 Å². The molecule has 1 aromatic rings. The summed E-state index contributed by atoms with van der Waals surface area (Å²) in [5.74, 6) is -0.297. The number of carbonyl (C=O) groups is 1. The SMILES string of the molecule is C=CCn1cnc(/C=C/C(=O)OCCCCCCCCCCCC)c1. The number of nitrogens with zero attached hydrogens (tertiary/aromatic N) is 2. The van der Waals surface area contributed by atoms with Crippen molar-refractivity contribution < 1.29 is 9.53 Å². The zero-order valence-electron chi connectivity index (χ0n) is 15.8. The van der Waals surface area contributed by atoms with E-state index in [1.807, 2.05) is 10.8 Å². The first-order chi connectivity index (χ1) is 12.3. The summed E-state index contributed by atoms with van der Waals surface area (Å²) in [6.07, 6.45) is 21.3. The Bertz CT molecular complexity index is 506. The van der Waals surface area contributed by atoms with Crippen LogP contribution in [-0.2, 0) is 16.1 Å². The molecular weight excluding hydrogens is 312 g/mol. The molecule has 0 N–H and O–H groups in total. The van der Waals surface area contributed by atoms with Gasteiger partial charge in [-0.1, -0.05) is 70.8 Å². The Labute approximate surface area is 153 Å². The summed E-state index contributed by atoms with van der Waals surface area (Å²) >= 11 is 0. The Balaban J connectivity index is 1.97. The fourth-order valence-electron chi connectivity index (χ4n) is 2.68. The summed E-state index contributed by atoms with van der Waals surface area (Å²) in [4.78, 5) is 15.8. The maximum atomic E-state index is 11.6. The topological polar surface area (TPSA) is 44.1 Å². The van der Waals surface area contributed by atoms with Crippen LogP contribution in [0.2, 0.25) is 0 Å². The minimum atomic E-state index is -0.297. The Morgan fingerprint density at radius 2 is 1.76 bits per heavy atom. The molecule has 0 aromatic carbocycles. The van der Waals surface area contributed by atoms with E-state index in [-0.39, 0.29) is 5.97 Å². The molecule has 0 amide bonds. The van der Waals surface area contributed by atoms with Crippen molar-refractivity contribution in [3.63, 3.8) is 0 Å². The van der Waals surface area contributed by atoms with Crippen LogP contribution in [0.25, 0.3) is 6.08 Å². The molecule has 0 saturated heterocycles. The van der Waals surface area contributed by atoms with Gasteiger partial charge in [-0.3, -0.25) is 0 Å². The summed E-state index contributed by atoms with van der Waals surface area (Å²) in [6.45, 7) is 7.15. The third-order valence-electron chi connectivity index (χ3n) is 4.13. The molecule has 4 nitrogen and oxygen atoms in total. The quantitative estimate of drug-likeness (QED) is 0.181. The number of hydrogen-bond donors (Lipinski definition) is 0. The highest BCUT2D eigenvalue weighted by Crippen LogP contribution is 2.10. The van der Waals surface area contributed by atoms with Crippen molar-refractivity contribution in [3.8, 4) is 0 Å². The number of rotatable bonds is 15. The van der Waals surface area contributed by atoms with Crippen molar-refractivity contribution >= 4 is 12.0 Å². The molecule has 0 unspecified atom stereocenters. The monoisotopic (exact) mass is 346 g/mol. The summed E-state index contributed by atoms with van der Waals surface area (Å²) in [6, 6.07) is 0. The largest absolute Gasteiger partial charge is 0.463 e. The van der Waals surface area contributed by atoms with Gasteiger partial charge in [0.2, 0.25) is 0 Å². The summed E-state index contributed by atoms with van der Waals surface area (Å²) in [5.41, 5.74) is 0.748. The molecule has 25 heavy (non-hydrogen) atoms. The average molecular weight is 347 g/mol. The van der Waals surface area contributed by atoms with Crippen molar-refractivity contribution in [2.24, 2.45) is 0 Å². The van der Waals surface area contributed by atoms with E-state index < -0.39 is 0 Å². The minimum Gasteiger partial charge on any atom is -0.463 e. The van der Waals surface area contributed by atoms with E-state index >= 15 is 0 Å². The highest BCUT2D eigenvalue weighted by Gasteiger charge is 1.99. The number of hydrogen-bond acceptors (Lipinski definition) is 3. The highest BCUT2D eigenvalue weighted by atomic mass is 16.5. The molecule has 1 heterocycles. The van der Waals surface area contributed by atoms with Gasteiger partial charge in [-0.2, -0.15) is 0 Å². The first kappa shape index (κ1) is 21.2. The van der Waals surface area contributed by atoms with Gasteiger partial charge in [-0.25, -0.2) is 9.78 Å². The summed E-state index contributed by atoms with van der Waals surface area (Å²) < 4.78 is 7.12. The number of esters is 1. The lowest BCUT2D eigenvalue weighted by molar-refractivity contribution is -0.137. The normalized spacial score (nSPS) is 11.1. The van der Waals surface area contributed by atoms with E-state index in [0.29, 0.717) is 13.2 Å². The van der Waals surface area contributed by atoms with Crippen molar-refractivity contribution in [1.82, 2.24) is 9.55 Å². The molecule has 0 aliphatic carbocycles. The lowest BCUT2D eigenvalue weighted by Crippen LogP contribution is -2.02. The Morgan fingerprint density at radius 1 is 1.12 bits per heavy atom. The number of unbranched alkanes of at least 4 members (excludes halogenated alkanes) is 9. The second-order valence-electron chi connectivity index (χ2n) is 6.47. The molecule has 1 rings (SSSR count). The zero-order chi connectivity index (χ0) is 18.2. The van der Waals surface area contributed by atoms with E-state index in [1.54, 1.807) is 18.5 Å². The Kier molecular flexibility index (Phi) is 12.3. The van der Waals surface area contributed by atoms with Gasteiger partial charge in [0, 0.05) is 18.8 Å². The van der Waals surface area contributed by atoms with Crippen molar-refractivity contribution in [2.45, 2.75) is 77.7 Å². The summed E-state index contributed by atoms with van der Waals surface area (Å²) in [7, 11) is 0. The van der Waals surface area contributed by atoms with Gasteiger partial charge in [0.15, 0.2) is 0 Å². The van der Waals surface area contributed by atoms with Crippen LogP contribution in [0.4, 0.5) is 0 Å². The molecule has 4 heteroatoms. The molecule has 140 valence electrons. The summed E-state index contributed by atoms with van der Waals surface area (Å²) in [5, 5.41) is 0. The average Bonchev–Trinajstić information content (AvgIpc) is 3.06. The molecular formula is C21H34N2O2. The van der Waals surface area contributed by atoms with Crippen molar-refractivity contribution in [2.75, 3.05) is 6.61 Å². The lowest BCUT2D eigenvalue weighted by Gasteiger charge is -2.03. The van der Waals surface area contributed by atoms with Gasteiger partial charge >= 0.3 is 5.97 Å². The second-order valence-corrected chi connectivity index (χ2v) is 6.47. The fourth-order valence-corrected chi connectivity index (χ4v) is 2.68. The standard InChI is InChI=1S/C21H34N2O2/c1-3-5-6-7-8-9-10-11-12-13-17-25-21(24)15-14-20-18-23(16-4-2)19-22-20/h4,14-15,18-19H,2-3,5-13,16-17H2,1H3/b15-14+. The Morgan fingerprint density at radius 3 is 2.40 bits per heavy atom. The molecule has 1 aromatic heterocycles. The van der Waals surface area contributed by atoms with Gasteiger partial charge in [-0.05, 0) is 12.5 Å². The van der Waals surface area contributed by atoms with E-state index in [0.717, 1.165) is 18.5 Å². The van der Waals surface area contributed by atoms with Crippen LogP contribution in [0.15, 0.2) is 31.3 Å². The lowest BCUT2D eigenvalue weighted by atomic mass is 10.1. The molecule has 0 fully saturated rings. The van der Waals surface area contributed by atoms with Crippen LogP contribution in [0.1, 0.15) is 76.8 Å². The highest BCUT2D eigenvalue weighted by molar-refractivity contribution is 5.86. The molecule has 0 saturated carbocycles.